The van der Waals surface area contributed by atoms with Gasteiger partial charge in [-0.15, -0.1) is 0 Å². The molecular formula is C20H21N3O5S2. The average molecular weight is 448 g/mol. The molecule has 10 heteroatoms. The molecule has 0 spiro atoms. The van der Waals surface area contributed by atoms with Crippen molar-refractivity contribution in [3.05, 3.63) is 77.9 Å². The third-order valence-corrected chi connectivity index (χ3v) is 7.57. The number of aldehydes is 1. The molecule has 0 fully saturated rings. The summed E-state index contributed by atoms with van der Waals surface area (Å²) in [6.07, 6.45) is 2.76. The van der Waals surface area contributed by atoms with E-state index in [1.807, 2.05) is 13.8 Å². The van der Waals surface area contributed by atoms with Crippen LogP contribution in [-0.2, 0) is 31.3 Å². The van der Waals surface area contributed by atoms with Crippen molar-refractivity contribution in [1.82, 2.24) is 13.7 Å². The number of nitrogens with zero attached hydrogens (tertiary/aromatic N) is 2. The van der Waals surface area contributed by atoms with Gasteiger partial charge in [0.05, 0.1) is 21.5 Å². The first-order valence-electron chi connectivity index (χ1n) is 9.01. The average Bonchev–Trinajstić information content (AvgIpc) is 3.17. The largest absolute Gasteiger partial charge is 0.302 e. The Hall–Kier alpha value is -2.82. The predicted molar refractivity (Wildman–Crippen MR) is 111 cm³/mol. The zero-order chi connectivity index (χ0) is 21.9. The van der Waals surface area contributed by atoms with E-state index in [1.165, 1.54) is 30.5 Å². The van der Waals surface area contributed by atoms with E-state index in [4.69, 9.17) is 0 Å². The molecule has 8 nitrogen and oxygen atoms in total. The van der Waals surface area contributed by atoms with E-state index in [9.17, 15) is 21.6 Å². The Balaban J connectivity index is 1.77. The SMILES string of the molecule is Cc1ccc(S(=O)(=O)N[C@H](C=O)Cc2cn(S(=O)(=O)c3ccc(C)cc3)cn2)cc1. The third kappa shape index (κ3) is 4.84. The van der Waals surface area contributed by atoms with Crippen molar-refractivity contribution in [2.24, 2.45) is 0 Å². The van der Waals surface area contributed by atoms with Crippen LogP contribution in [-0.4, -0.2) is 38.1 Å². The molecule has 0 bridgehead atoms. The van der Waals surface area contributed by atoms with Crippen molar-refractivity contribution >= 4 is 26.3 Å². The molecule has 0 aliphatic heterocycles. The van der Waals surface area contributed by atoms with Gasteiger partial charge in [-0.1, -0.05) is 35.4 Å². The molecule has 0 saturated carbocycles. The van der Waals surface area contributed by atoms with Crippen molar-refractivity contribution in [2.75, 3.05) is 0 Å². The van der Waals surface area contributed by atoms with Crippen LogP contribution in [0.5, 0.6) is 0 Å². The van der Waals surface area contributed by atoms with Crippen molar-refractivity contribution in [2.45, 2.75) is 36.1 Å². The minimum absolute atomic E-state index is 0.0347. The summed E-state index contributed by atoms with van der Waals surface area (Å²) in [4.78, 5) is 15.6. The second kappa shape index (κ2) is 8.50. The Labute approximate surface area is 175 Å². The molecule has 0 amide bonds. The van der Waals surface area contributed by atoms with Gasteiger partial charge in [0.15, 0.2) is 0 Å². The molecule has 0 radical (unpaired) electrons. The highest BCUT2D eigenvalue weighted by Gasteiger charge is 2.22. The Kier molecular flexibility index (Phi) is 6.20. The zero-order valence-electron chi connectivity index (χ0n) is 16.4. The van der Waals surface area contributed by atoms with Crippen LogP contribution in [0.4, 0.5) is 0 Å². The number of imidazole rings is 1. The standard InChI is InChI=1S/C20H21N3O5S2/c1-15-3-7-19(8-4-15)29(25,26)22-18(13-24)11-17-12-23(14-21-17)30(27,28)20-9-5-16(2)6-10-20/h3-10,12-14,18,22H,11H2,1-2H3/t18-/m0/s1. The fourth-order valence-corrected chi connectivity index (χ4v) is 5.06. The highest BCUT2D eigenvalue weighted by Crippen LogP contribution is 2.16. The van der Waals surface area contributed by atoms with Gasteiger partial charge in [0.2, 0.25) is 10.0 Å². The van der Waals surface area contributed by atoms with Gasteiger partial charge >= 0.3 is 0 Å². The summed E-state index contributed by atoms with van der Waals surface area (Å²) in [5, 5.41) is 0. The van der Waals surface area contributed by atoms with E-state index in [-0.39, 0.29) is 21.9 Å². The summed E-state index contributed by atoms with van der Waals surface area (Å²) in [7, 11) is -7.74. The number of benzene rings is 2. The number of carbonyl (C=O) groups excluding carboxylic acids is 1. The van der Waals surface area contributed by atoms with Gasteiger partial charge in [-0.3, -0.25) is 0 Å². The Morgan fingerprint density at radius 1 is 0.933 bits per heavy atom. The number of hydrogen-bond donors (Lipinski definition) is 1. The van der Waals surface area contributed by atoms with Crippen LogP contribution < -0.4 is 4.72 Å². The summed E-state index contributed by atoms with van der Waals surface area (Å²) in [6, 6.07) is 11.5. The molecule has 1 aromatic heterocycles. The molecular weight excluding hydrogens is 426 g/mol. The normalized spacial score (nSPS) is 13.1. The molecule has 1 heterocycles. The first kappa shape index (κ1) is 21.9. The van der Waals surface area contributed by atoms with Crippen LogP contribution in [0.1, 0.15) is 16.8 Å². The Bertz CT molecular complexity index is 1250. The number of nitrogens with one attached hydrogen (secondary N) is 1. The summed E-state index contributed by atoms with van der Waals surface area (Å²) in [6.45, 7) is 3.68. The maximum Gasteiger partial charge on any atom is 0.268 e. The molecule has 2 aromatic carbocycles. The van der Waals surface area contributed by atoms with Gasteiger partial charge < -0.3 is 4.79 Å². The highest BCUT2D eigenvalue weighted by atomic mass is 32.2. The Morgan fingerprint density at radius 2 is 1.47 bits per heavy atom. The lowest BCUT2D eigenvalue weighted by atomic mass is 10.2. The second-order valence-electron chi connectivity index (χ2n) is 6.89. The fraction of sp³-hybridized carbons (Fsp3) is 0.200. The van der Waals surface area contributed by atoms with E-state index < -0.39 is 26.1 Å². The molecule has 3 aromatic rings. The zero-order valence-corrected chi connectivity index (χ0v) is 18.0. The van der Waals surface area contributed by atoms with Crippen LogP contribution >= 0.6 is 0 Å². The first-order valence-corrected chi connectivity index (χ1v) is 11.9. The molecule has 30 heavy (non-hydrogen) atoms. The van der Waals surface area contributed by atoms with Gasteiger partial charge in [-0.2, -0.15) is 0 Å². The fourth-order valence-electron chi connectivity index (χ4n) is 2.74. The third-order valence-electron chi connectivity index (χ3n) is 4.44. The van der Waals surface area contributed by atoms with Crippen LogP contribution in [0, 0.1) is 13.8 Å². The van der Waals surface area contributed by atoms with Gasteiger partial charge in [-0.25, -0.2) is 30.5 Å². The van der Waals surface area contributed by atoms with Crippen LogP contribution in [0.3, 0.4) is 0 Å². The van der Waals surface area contributed by atoms with E-state index in [0.29, 0.717) is 6.29 Å². The number of aryl methyl sites for hydroxylation is 2. The summed E-state index contributed by atoms with van der Waals surface area (Å²) >= 11 is 0. The molecule has 0 aliphatic carbocycles. The van der Waals surface area contributed by atoms with E-state index in [0.717, 1.165) is 21.4 Å². The number of carbonyl (C=O) groups is 1. The summed E-state index contributed by atoms with van der Waals surface area (Å²) < 4.78 is 53.6. The maximum absolute atomic E-state index is 12.7. The molecule has 0 aliphatic rings. The predicted octanol–water partition coefficient (Wildman–Crippen LogP) is 1.83. The smallest absolute Gasteiger partial charge is 0.268 e. The van der Waals surface area contributed by atoms with E-state index >= 15 is 0 Å². The van der Waals surface area contributed by atoms with Crippen LogP contribution in [0.25, 0.3) is 0 Å². The quantitative estimate of drug-likeness (QED) is 0.527. The number of aromatic nitrogens is 2. The minimum atomic E-state index is -3.91. The summed E-state index contributed by atoms with van der Waals surface area (Å²) in [5.41, 5.74) is 2.09. The number of sulfonamides is 1. The minimum Gasteiger partial charge on any atom is -0.302 e. The Morgan fingerprint density at radius 3 is 2.00 bits per heavy atom. The maximum atomic E-state index is 12.7. The second-order valence-corrected chi connectivity index (χ2v) is 10.5. The van der Waals surface area contributed by atoms with Gasteiger partial charge in [0, 0.05) is 12.6 Å². The lowest BCUT2D eigenvalue weighted by Gasteiger charge is -2.12. The topological polar surface area (TPSA) is 115 Å². The van der Waals surface area contributed by atoms with E-state index in [1.54, 1.807) is 24.3 Å². The van der Waals surface area contributed by atoms with Crippen LogP contribution in [0.15, 0.2) is 70.8 Å². The monoisotopic (exact) mass is 447 g/mol. The van der Waals surface area contributed by atoms with Gasteiger partial charge in [0.25, 0.3) is 10.0 Å². The van der Waals surface area contributed by atoms with Crippen LogP contribution in [0.2, 0.25) is 0 Å². The lowest BCUT2D eigenvalue weighted by Crippen LogP contribution is -2.37. The molecule has 0 saturated heterocycles. The van der Waals surface area contributed by atoms with Gasteiger partial charge in [0.1, 0.15) is 12.6 Å². The van der Waals surface area contributed by atoms with Crippen molar-refractivity contribution in [3.8, 4) is 0 Å². The molecule has 3 rings (SSSR count). The highest BCUT2D eigenvalue weighted by molar-refractivity contribution is 7.90. The molecule has 1 N–H and O–H groups in total. The molecule has 1 atom stereocenters. The van der Waals surface area contributed by atoms with Crippen molar-refractivity contribution < 1.29 is 21.6 Å². The van der Waals surface area contributed by atoms with Crippen molar-refractivity contribution in [3.63, 3.8) is 0 Å². The number of hydrogen-bond acceptors (Lipinski definition) is 6. The first-order chi connectivity index (χ1) is 14.1. The molecule has 0 unspecified atom stereocenters. The number of rotatable bonds is 8. The lowest BCUT2D eigenvalue weighted by molar-refractivity contribution is -0.109. The van der Waals surface area contributed by atoms with Crippen molar-refractivity contribution in [1.29, 1.82) is 0 Å². The summed E-state index contributed by atoms with van der Waals surface area (Å²) in [5.74, 6) is 0. The molecule has 158 valence electrons. The van der Waals surface area contributed by atoms with Gasteiger partial charge in [-0.05, 0) is 38.1 Å². The van der Waals surface area contributed by atoms with E-state index in [2.05, 4.69) is 9.71 Å².